The fraction of sp³-hybridized carbons (Fsp3) is 1.00. The normalized spacial score (nSPS) is 14.4. The van der Waals surface area contributed by atoms with Crippen LogP contribution in [0.4, 0.5) is 0 Å². The number of hydrogen-bond donors (Lipinski definition) is 1. The molecule has 0 fully saturated rings. The van der Waals surface area contributed by atoms with Crippen LogP contribution in [0.3, 0.4) is 0 Å². The lowest BCUT2D eigenvalue weighted by Gasteiger charge is -2.28. The van der Waals surface area contributed by atoms with Gasteiger partial charge in [0, 0.05) is 36.1 Å². The summed E-state index contributed by atoms with van der Waals surface area (Å²) >= 11 is 0. The predicted octanol–water partition coefficient (Wildman–Crippen LogP) is 0.0751. The smallest absolute Gasteiger partial charge is 0.374 e. The summed E-state index contributed by atoms with van der Waals surface area (Å²) in [5, 5.41) is 0. The zero-order valence-corrected chi connectivity index (χ0v) is 13.4. The zero-order chi connectivity index (χ0) is 11.7. The van der Waals surface area contributed by atoms with Crippen LogP contribution in [0.2, 0.25) is 6.04 Å². The highest BCUT2D eigenvalue weighted by Crippen LogP contribution is 2.18. The fourth-order valence-corrected chi connectivity index (χ4v) is 5.08. The van der Waals surface area contributed by atoms with Gasteiger partial charge in [0.1, 0.15) is 0 Å². The van der Waals surface area contributed by atoms with E-state index in [0.717, 1.165) is 22.7 Å². The lowest BCUT2D eigenvalue weighted by Crippen LogP contribution is -2.47. The summed E-state index contributed by atoms with van der Waals surface area (Å²) in [4.78, 5) is 0. The third-order valence-electron chi connectivity index (χ3n) is 2.00. The van der Waals surface area contributed by atoms with Crippen molar-refractivity contribution in [1.29, 1.82) is 0 Å². The van der Waals surface area contributed by atoms with E-state index >= 15 is 0 Å². The molecule has 0 heterocycles. The van der Waals surface area contributed by atoms with Gasteiger partial charge in [0.05, 0.1) is 0 Å². The summed E-state index contributed by atoms with van der Waals surface area (Å²) < 4.78 is 17.1. The quantitative estimate of drug-likeness (QED) is 0.590. The summed E-state index contributed by atoms with van der Waals surface area (Å²) in [6.07, 6.45) is 0.943. The van der Waals surface area contributed by atoms with Gasteiger partial charge in [-0.25, -0.2) is 0 Å². The summed E-state index contributed by atoms with van der Waals surface area (Å²) in [6, 6.07) is 0.840. The average Bonchev–Trinajstić information content (AvgIpc) is 2.16. The first-order chi connectivity index (χ1) is 7.10. The highest BCUT2D eigenvalue weighted by atomic mass is 28.4. The molecule has 0 saturated carbocycles. The maximum Gasteiger partial charge on any atom is 0.500 e. The van der Waals surface area contributed by atoms with Gasteiger partial charge in [0.25, 0.3) is 0 Å². The van der Waals surface area contributed by atoms with Crippen LogP contribution < -0.4 is 5.73 Å². The minimum atomic E-state index is -2.42. The molecule has 0 bridgehead atoms. The third-order valence-corrected chi connectivity index (χ3v) is 5.66. The molecule has 0 aromatic carbocycles. The molecule has 0 rings (SSSR count). The molecule has 4 nitrogen and oxygen atoms in total. The van der Waals surface area contributed by atoms with Crippen LogP contribution in [0.25, 0.3) is 0 Å². The molecule has 0 spiro atoms. The van der Waals surface area contributed by atoms with Gasteiger partial charge in [-0.1, -0.05) is 0 Å². The van der Waals surface area contributed by atoms with Crippen LogP contribution in [0.5, 0.6) is 0 Å². The molecule has 6 heteroatoms. The second-order valence-corrected chi connectivity index (χ2v) is 7.71. The van der Waals surface area contributed by atoms with E-state index in [2.05, 4.69) is 0 Å². The highest BCUT2D eigenvalue weighted by Gasteiger charge is 2.39. The molecule has 2 N–H and O–H groups in total. The van der Waals surface area contributed by atoms with Crippen LogP contribution >= 0.6 is 0 Å². The number of hydrogen-bond acceptors (Lipinski definition) is 4. The first kappa shape index (κ1) is 15.3. The predicted molar refractivity (Wildman–Crippen MR) is 68.0 cm³/mol. The van der Waals surface area contributed by atoms with Gasteiger partial charge in [-0.3, -0.25) is 0 Å². The molecule has 0 aromatic heterocycles. The van der Waals surface area contributed by atoms with E-state index in [0.29, 0.717) is 25.5 Å². The van der Waals surface area contributed by atoms with Crippen LogP contribution in [0, 0.1) is 0 Å². The molecule has 92 valence electrons. The van der Waals surface area contributed by atoms with Gasteiger partial charge < -0.3 is 19.0 Å². The van der Waals surface area contributed by atoms with Crippen molar-refractivity contribution in [1.82, 2.24) is 0 Å². The van der Waals surface area contributed by atoms with E-state index < -0.39 is 8.80 Å². The van der Waals surface area contributed by atoms with Crippen LogP contribution in [0.15, 0.2) is 0 Å². The summed E-state index contributed by atoms with van der Waals surface area (Å²) in [7, 11) is -1.41. The van der Waals surface area contributed by atoms with Gasteiger partial charge in [-0.05, 0) is 32.9 Å². The van der Waals surface area contributed by atoms with Crippen LogP contribution in [-0.4, -0.2) is 44.5 Å². The number of rotatable bonds is 9. The van der Waals surface area contributed by atoms with Crippen molar-refractivity contribution in [2.45, 2.75) is 38.9 Å². The van der Waals surface area contributed by atoms with E-state index in [1.54, 1.807) is 0 Å². The molecule has 1 unspecified atom stereocenters. The summed E-state index contributed by atoms with van der Waals surface area (Å²) in [5.74, 6) is 0. The monoisotopic (exact) mass is 251 g/mol. The standard InChI is InChI=1S/C9H25NO3Si2/c1-4-11-15(12-5-2,13-6-3)8-7-9(10)14/h9H,4-8,10H2,1-3,14H3. The minimum Gasteiger partial charge on any atom is -0.374 e. The van der Waals surface area contributed by atoms with Gasteiger partial charge in [-0.15, -0.1) is 0 Å². The zero-order valence-electron chi connectivity index (χ0n) is 10.4. The summed E-state index contributed by atoms with van der Waals surface area (Å²) in [6.45, 7) is 7.84. The second-order valence-electron chi connectivity index (χ2n) is 3.50. The Morgan fingerprint density at radius 3 is 1.73 bits per heavy atom. The lowest BCUT2D eigenvalue weighted by molar-refractivity contribution is 0.0708. The Hall–Kier alpha value is 0.274. The average molecular weight is 251 g/mol. The van der Waals surface area contributed by atoms with Crippen molar-refractivity contribution in [2.75, 3.05) is 19.8 Å². The van der Waals surface area contributed by atoms with E-state index in [9.17, 15) is 0 Å². The van der Waals surface area contributed by atoms with Crippen molar-refractivity contribution >= 4 is 19.0 Å². The topological polar surface area (TPSA) is 53.7 Å². The SMILES string of the molecule is CCO[Si](CCC(N)[SiH3])(OCC)OCC. The Bertz CT molecular complexity index is 141. The minimum absolute atomic E-state index is 0.304. The Labute approximate surface area is 97.3 Å². The Kier molecular flexibility index (Phi) is 8.58. The molecule has 0 aliphatic heterocycles. The van der Waals surface area contributed by atoms with Crippen LogP contribution in [-0.2, 0) is 13.3 Å². The molecule has 0 radical (unpaired) electrons. The van der Waals surface area contributed by atoms with Crippen molar-refractivity contribution in [3.63, 3.8) is 0 Å². The highest BCUT2D eigenvalue weighted by molar-refractivity contribution is 6.60. The maximum atomic E-state index is 5.81. The third kappa shape index (κ3) is 6.44. The number of nitrogens with two attached hydrogens (primary N) is 1. The molecule has 0 aromatic rings. The van der Waals surface area contributed by atoms with E-state index in [1.165, 1.54) is 0 Å². The summed E-state index contributed by atoms with van der Waals surface area (Å²) in [5.41, 5.74) is 6.11. The molecular formula is C9H25NO3Si2. The molecule has 0 saturated heterocycles. The molecular weight excluding hydrogens is 226 g/mol. The first-order valence-electron chi connectivity index (χ1n) is 5.77. The first-order valence-corrected chi connectivity index (χ1v) is 8.86. The van der Waals surface area contributed by atoms with E-state index in [-0.39, 0.29) is 0 Å². The van der Waals surface area contributed by atoms with Crippen molar-refractivity contribution in [2.24, 2.45) is 5.73 Å². The fourth-order valence-electron chi connectivity index (χ4n) is 1.41. The largest absolute Gasteiger partial charge is 0.500 e. The molecule has 15 heavy (non-hydrogen) atoms. The molecule has 1 atom stereocenters. The molecule has 0 aliphatic rings. The Morgan fingerprint density at radius 1 is 1.07 bits per heavy atom. The van der Waals surface area contributed by atoms with Crippen molar-refractivity contribution < 1.29 is 13.3 Å². The molecule has 0 amide bonds. The van der Waals surface area contributed by atoms with Crippen LogP contribution in [0.1, 0.15) is 27.2 Å². The van der Waals surface area contributed by atoms with Gasteiger partial charge >= 0.3 is 8.80 Å². The van der Waals surface area contributed by atoms with Gasteiger partial charge in [0.15, 0.2) is 0 Å². The Morgan fingerprint density at radius 2 is 1.47 bits per heavy atom. The Balaban J connectivity index is 4.31. The maximum absolute atomic E-state index is 5.81. The van der Waals surface area contributed by atoms with E-state index in [4.69, 9.17) is 19.0 Å². The van der Waals surface area contributed by atoms with E-state index in [1.807, 2.05) is 20.8 Å². The lowest BCUT2D eigenvalue weighted by atomic mass is 10.5. The van der Waals surface area contributed by atoms with Gasteiger partial charge in [0.2, 0.25) is 0 Å². The molecule has 0 aliphatic carbocycles. The second kappa shape index (κ2) is 8.43. The van der Waals surface area contributed by atoms with Crippen molar-refractivity contribution in [3.8, 4) is 0 Å². The van der Waals surface area contributed by atoms with Crippen molar-refractivity contribution in [3.05, 3.63) is 0 Å². The van der Waals surface area contributed by atoms with Gasteiger partial charge in [-0.2, -0.15) is 0 Å².